The van der Waals surface area contributed by atoms with Crippen LogP contribution in [-0.2, 0) is 11.8 Å². The van der Waals surface area contributed by atoms with Gasteiger partial charge >= 0.3 is 0 Å². The maximum atomic E-state index is 3.54. The zero-order valence-electron chi connectivity index (χ0n) is 11.4. The lowest BCUT2D eigenvalue weighted by Gasteiger charge is -2.19. The zero-order chi connectivity index (χ0) is 12.3. The standard InChI is InChI=1S/C16H25N/c1-16(2,3)15-8-6-13(7-9-15)10-11-17-12-14-4-5-14/h6-9,14,17H,4-5,10-12H2,1-3H3. The first kappa shape index (κ1) is 12.6. The molecule has 1 saturated carbocycles. The summed E-state index contributed by atoms with van der Waals surface area (Å²) in [6.45, 7) is 9.13. The third-order valence-electron chi connectivity index (χ3n) is 3.54. The van der Waals surface area contributed by atoms with Crippen LogP contribution in [-0.4, -0.2) is 13.1 Å². The summed E-state index contributed by atoms with van der Waals surface area (Å²) in [6.07, 6.45) is 4.03. The Morgan fingerprint density at radius 1 is 1.12 bits per heavy atom. The highest BCUT2D eigenvalue weighted by molar-refractivity contribution is 5.27. The Kier molecular flexibility index (Phi) is 3.88. The molecular weight excluding hydrogens is 206 g/mol. The van der Waals surface area contributed by atoms with E-state index in [2.05, 4.69) is 50.4 Å². The number of hydrogen-bond acceptors (Lipinski definition) is 1. The summed E-state index contributed by atoms with van der Waals surface area (Å²) >= 11 is 0. The predicted octanol–water partition coefficient (Wildman–Crippen LogP) is 3.53. The molecule has 0 bridgehead atoms. The molecular formula is C16H25N. The van der Waals surface area contributed by atoms with E-state index in [1.165, 1.54) is 30.5 Å². The van der Waals surface area contributed by atoms with Gasteiger partial charge in [-0.25, -0.2) is 0 Å². The van der Waals surface area contributed by atoms with Crippen molar-refractivity contribution in [1.82, 2.24) is 5.32 Å². The molecule has 0 aliphatic heterocycles. The SMILES string of the molecule is CC(C)(C)c1ccc(CCNCC2CC2)cc1. The second-order valence-corrected chi connectivity index (χ2v) is 6.34. The van der Waals surface area contributed by atoms with E-state index in [4.69, 9.17) is 0 Å². The maximum Gasteiger partial charge on any atom is -0.000824 e. The van der Waals surface area contributed by atoms with Crippen LogP contribution in [0.1, 0.15) is 44.7 Å². The van der Waals surface area contributed by atoms with Crippen LogP contribution in [0.4, 0.5) is 0 Å². The Hall–Kier alpha value is -0.820. The van der Waals surface area contributed by atoms with Crippen molar-refractivity contribution in [2.24, 2.45) is 5.92 Å². The van der Waals surface area contributed by atoms with Crippen LogP contribution in [0, 0.1) is 5.92 Å². The van der Waals surface area contributed by atoms with Gasteiger partial charge in [-0.1, -0.05) is 45.0 Å². The van der Waals surface area contributed by atoms with Crippen molar-refractivity contribution in [2.75, 3.05) is 13.1 Å². The van der Waals surface area contributed by atoms with Gasteiger partial charge in [-0.3, -0.25) is 0 Å². The van der Waals surface area contributed by atoms with E-state index in [0.29, 0.717) is 0 Å². The first-order chi connectivity index (χ1) is 8.05. The lowest BCUT2D eigenvalue weighted by molar-refractivity contribution is 0.589. The average molecular weight is 231 g/mol. The minimum atomic E-state index is 0.267. The summed E-state index contributed by atoms with van der Waals surface area (Å²) in [4.78, 5) is 0. The lowest BCUT2D eigenvalue weighted by Crippen LogP contribution is -2.19. The van der Waals surface area contributed by atoms with Crippen molar-refractivity contribution >= 4 is 0 Å². The van der Waals surface area contributed by atoms with Gasteiger partial charge in [-0.05, 0) is 54.8 Å². The van der Waals surface area contributed by atoms with Crippen molar-refractivity contribution in [3.63, 3.8) is 0 Å². The molecule has 1 nitrogen and oxygen atoms in total. The fourth-order valence-electron chi connectivity index (χ4n) is 2.03. The van der Waals surface area contributed by atoms with Crippen molar-refractivity contribution in [2.45, 2.75) is 45.4 Å². The van der Waals surface area contributed by atoms with Crippen LogP contribution in [0.25, 0.3) is 0 Å². The summed E-state index contributed by atoms with van der Waals surface area (Å²) in [5.41, 5.74) is 3.14. The van der Waals surface area contributed by atoms with Crippen LogP contribution >= 0.6 is 0 Å². The summed E-state index contributed by atoms with van der Waals surface area (Å²) in [5.74, 6) is 0.985. The van der Waals surface area contributed by atoms with Crippen molar-refractivity contribution in [1.29, 1.82) is 0 Å². The molecule has 1 aliphatic rings. The molecule has 0 heterocycles. The van der Waals surface area contributed by atoms with Crippen molar-refractivity contribution in [3.8, 4) is 0 Å². The predicted molar refractivity (Wildman–Crippen MR) is 74.4 cm³/mol. The topological polar surface area (TPSA) is 12.0 Å². The minimum Gasteiger partial charge on any atom is -0.316 e. The van der Waals surface area contributed by atoms with Gasteiger partial charge in [0.1, 0.15) is 0 Å². The number of benzene rings is 1. The molecule has 17 heavy (non-hydrogen) atoms. The Bertz CT molecular complexity index is 341. The first-order valence-corrected chi connectivity index (χ1v) is 6.86. The fraction of sp³-hybridized carbons (Fsp3) is 0.625. The number of nitrogens with one attached hydrogen (secondary N) is 1. The third kappa shape index (κ3) is 4.16. The van der Waals surface area contributed by atoms with E-state index in [9.17, 15) is 0 Å². The molecule has 0 atom stereocenters. The molecule has 1 fully saturated rings. The van der Waals surface area contributed by atoms with E-state index in [0.717, 1.165) is 18.9 Å². The van der Waals surface area contributed by atoms with Gasteiger partial charge in [0, 0.05) is 0 Å². The van der Waals surface area contributed by atoms with Gasteiger partial charge in [-0.15, -0.1) is 0 Å². The molecule has 1 heteroatoms. The highest BCUT2D eigenvalue weighted by Gasteiger charge is 2.19. The molecule has 1 aromatic carbocycles. The van der Waals surface area contributed by atoms with E-state index in [1.807, 2.05) is 0 Å². The van der Waals surface area contributed by atoms with E-state index in [-0.39, 0.29) is 5.41 Å². The summed E-state index contributed by atoms with van der Waals surface area (Å²) in [5, 5.41) is 3.54. The fourth-order valence-corrected chi connectivity index (χ4v) is 2.03. The Morgan fingerprint density at radius 2 is 1.76 bits per heavy atom. The smallest absolute Gasteiger partial charge is 0.000824 e. The van der Waals surface area contributed by atoms with Gasteiger partial charge < -0.3 is 5.32 Å². The molecule has 0 amide bonds. The van der Waals surface area contributed by atoms with Crippen LogP contribution in [0.5, 0.6) is 0 Å². The van der Waals surface area contributed by atoms with E-state index >= 15 is 0 Å². The molecule has 1 aromatic rings. The quantitative estimate of drug-likeness (QED) is 0.764. The molecule has 1 aliphatic carbocycles. The van der Waals surface area contributed by atoms with E-state index < -0.39 is 0 Å². The van der Waals surface area contributed by atoms with Gasteiger partial charge in [0.05, 0.1) is 0 Å². The summed E-state index contributed by atoms with van der Waals surface area (Å²) in [7, 11) is 0. The highest BCUT2D eigenvalue weighted by atomic mass is 14.9. The summed E-state index contributed by atoms with van der Waals surface area (Å²) in [6, 6.07) is 9.10. The molecule has 0 unspecified atom stereocenters. The van der Waals surface area contributed by atoms with E-state index in [1.54, 1.807) is 0 Å². The monoisotopic (exact) mass is 231 g/mol. The summed E-state index contributed by atoms with van der Waals surface area (Å²) < 4.78 is 0. The maximum absolute atomic E-state index is 3.54. The zero-order valence-corrected chi connectivity index (χ0v) is 11.4. The highest BCUT2D eigenvalue weighted by Crippen LogP contribution is 2.27. The molecule has 0 saturated heterocycles. The van der Waals surface area contributed by atoms with Crippen LogP contribution in [0.3, 0.4) is 0 Å². The Labute approximate surface area is 106 Å². The minimum absolute atomic E-state index is 0.267. The number of rotatable bonds is 5. The van der Waals surface area contributed by atoms with Gasteiger partial charge in [0.25, 0.3) is 0 Å². The van der Waals surface area contributed by atoms with Crippen LogP contribution in [0.15, 0.2) is 24.3 Å². The number of hydrogen-bond donors (Lipinski definition) is 1. The van der Waals surface area contributed by atoms with Gasteiger partial charge in [0.15, 0.2) is 0 Å². The molecule has 1 N–H and O–H groups in total. The van der Waals surface area contributed by atoms with Crippen molar-refractivity contribution < 1.29 is 0 Å². The third-order valence-corrected chi connectivity index (χ3v) is 3.54. The van der Waals surface area contributed by atoms with Crippen LogP contribution < -0.4 is 5.32 Å². The largest absolute Gasteiger partial charge is 0.316 e. The second-order valence-electron chi connectivity index (χ2n) is 6.34. The molecule has 0 aromatic heterocycles. The Morgan fingerprint density at radius 3 is 2.29 bits per heavy atom. The average Bonchev–Trinajstić information content (AvgIpc) is 3.08. The molecule has 94 valence electrons. The molecule has 2 rings (SSSR count). The Balaban J connectivity index is 1.76. The first-order valence-electron chi connectivity index (χ1n) is 6.86. The molecule has 0 spiro atoms. The van der Waals surface area contributed by atoms with Gasteiger partial charge in [0.2, 0.25) is 0 Å². The normalized spacial score (nSPS) is 16.2. The second kappa shape index (κ2) is 5.22. The lowest BCUT2D eigenvalue weighted by atomic mass is 9.86. The van der Waals surface area contributed by atoms with Crippen LogP contribution in [0.2, 0.25) is 0 Å². The van der Waals surface area contributed by atoms with Gasteiger partial charge in [-0.2, -0.15) is 0 Å². The molecule has 0 radical (unpaired) electrons. The van der Waals surface area contributed by atoms with Crippen molar-refractivity contribution in [3.05, 3.63) is 35.4 Å².